The summed E-state index contributed by atoms with van der Waals surface area (Å²) in [6.45, 7) is 0. The zero-order chi connectivity index (χ0) is 10.1. The van der Waals surface area contributed by atoms with Gasteiger partial charge in [-0.1, -0.05) is 16.5 Å². The molecule has 2 rings (SSSR count). The second-order valence-corrected chi connectivity index (χ2v) is 4.03. The lowest BCUT2D eigenvalue weighted by Crippen LogP contribution is -2.07. The summed E-state index contributed by atoms with van der Waals surface area (Å²) in [5.41, 5.74) is 5.45. The lowest BCUT2D eigenvalue weighted by molar-refractivity contribution is 0.436. The van der Waals surface area contributed by atoms with E-state index in [0.29, 0.717) is 11.6 Å². The van der Waals surface area contributed by atoms with Crippen LogP contribution in [0.25, 0.3) is 10.6 Å². The molecule has 0 saturated carbocycles. The van der Waals surface area contributed by atoms with Crippen LogP contribution in [-0.4, -0.2) is 24.2 Å². The third kappa shape index (κ3) is 1.56. The van der Waals surface area contributed by atoms with Crippen LogP contribution in [0.15, 0.2) is 16.8 Å². The number of thiazole rings is 1. The smallest absolute Gasteiger partial charge is 0.185 e. The lowest BCUT2D eigenvalue weighted by atomic mass is 10.4. The summed E-state index contributed by atoms with van der Waals surface area (Å²) in [6.07, 6.45) is 1.75. The van der Waals surface area contributed by atoms with E-state index in [-0.39, 0.29) is 0 Å². The number of nitrogens with two attached hydrogens (primary N) is 1. The number of nitrogen functional groups attached to an aromatic ring is 1. The minimum Gasteiger partial charge on any atom is -0.381 e. The molecule has 0 bridgehead atoms. The molecule has 0 aliphatic carbocycles. The van der Waals surface area contributed by atoms with Crippen LogP contribution >= 0.6 is 11.3 Å². The van der Waals surface area contributed by atoms with Crippen molar-refractivity contribution < 1.29 is 4.52 Å². The largest absolute Gasteiger partial charge is 0.381 e. The number of rotatable bonds is 2. The summed E-state index contributed by atoms with van der Waals surface area (Å²) in [4.78, 5) is 7.08. The van der Waals surface area contributed by atoms with Crippen molar-refractivity contribution in [2.75, 3.05) is 24.7 Å². The molecule has 0 fully saturated rings. The molecule has 2 aromatic rings. The molecule has 0 aliphatic rings. The van der Waals surface area contributed by atoms with E-state index in [9.17, 15) is 0 Å². The summed E-state index contributed by atoms with van der Waals surface area (Å²) in [5.74, 6) is 1.05. The second kappa shape index (κ2) is 3.30. The van der Waals surface area contributed by atoms with Gasteiger partial charge in [0.25, 0.3) is 0 Å². The van der Waals surface area contributed by atoms with Gasteiger partial charge in [-0.3, -0.25) is 0 Å². The highest BCUT2D eigenvalue weighted by atomic mass is 32.1. The Labute approximate surface area is 85.1 Å². The van der Waals surface area contributed by atoms with E-state index < -0.39 is 0 Å². The van der Waals surface area contributed by atoms with Gasteiger partial charge < -0.3 is 15.2 Å². The molecule has 0 aromatic carbocycles. The third-order valence-electron chi connectivity index (χ3n) is 1.65. The molecule has 0 radical (unpaired) electrons. The van der Waals surface area contributed by atoms with Crippen LogP contribution in [-0.2, 0) is 0 Å². The second-order valence-electron chi connectivity index (χ2n) is 3.02. The first kappa shape index (κ1) is 9.01. The van der Waals surface area contributed by atoms with Gasteiger partial charge in [-0.15, -0.1) is 0 Å². The Morgan fingerprint density at radius 1 is 1.50 bits per heavy atom. The maximum absolute atomic E-state index is 5.45. The van der Waals surface area contributed by atoms with Gasteiger partial charge >= 0.3 is 0 Å². The van der Waals surface area contributed by atoms with Crippen molar-refractivity contribution in [3.8, 4) is 10.6 Å². The molecular weight excluding hydrogens is 200 g/mol. The van der Waals surface area contributed by atoms with E-state index >= 15 is 0 Å². The van der Waals surface area contributed by atoms with Crippen molar-refractivity contribution in [1.29, 1.82) is 0 Å². The Hall–Kier alpha value is -1.56. The average molecular weight is 210 g/mol. The number of aromatic nitrogens is 2. The van der Waals surface area contributed by atoms with Crippen molar-refractivity contribution in [3.05, 3.63) is 12.3 Å². The van der Waals surface area contributed by atoms with E-state index in [1.807, 2.05) is 19.0 Å². The minimum atomic E-state index is 0.389. The van der Waals surface area contributed by atoms with Gasteiger partial charge in [0.15, 0.2) is 16.7 Å². The molecule has 0 saturated heterocycles. The predicted octanol–water partition coefficient (Wildman–Crippen LogP) is 1.45. The molecule has 0 amide bonds. The van der Waals surface area contributed by atoms with E-state index in [2.05, 4.69) is 10.1 Å². The topological polar surface area (TPSA) is 68.2 Å². The SMILES string of the molecule is CN(C)c1ncc(-c2cc(N)no2)s1. The molecule has 0 spiro atoms. The Balaban J connectivity index is 2.33. The van der Waals surface area contributed by atoms with Crippen LogP contribution in [0.2, 0.25) is 0 Å². The lowest BCUT2D eigenvalue weighted by Gasteiger charge is -2.04. The summed E-state index contributed by atoms with van der Waals surface area (Å²) in [6, 6.07) is 1.69. The first-order valence-corrected chi connectivity index (χ1v) is 4.84. The van der Waals surface area contributed by atoms with Crippen LogP contribution in [0.3, 0.4) is 0 Å². The fourth-order valence-corrected chi connectivity index (χ4v) is 1.78. The molecule has 5 nitrogen and oxygen atoms in total. The van der Waals surface area contributed by atoms with Crippen molar-refractivity contribution in [2.24, 2.45) is 0 Å². The standard InChI is InChI=1S/C8H10N4OS/c1-12(2)8-10-4-6(14-8)5-3-7(9)11-13-5/h3-4H,1-2H3,(H2,9,11). The average Bonchev–Trinajstić information content (AvgIpc) is 2.70. The highest BCUT2D eigenvalue weighted by Crippen LogP contribution is 2.30. The van der Waals surface area contributed by atoms with Crippen LogP contribution < -0.4 is 10.6 Å². The quantitative estimate of drug-likeness (QED) is 0.812. The Bertz CT molecular complexity index is 434. The van der Waals surface area contributed by atoms with Gasteiger partial charge in [0.1, 0.15) is 0 Å². The third-order valence-corrected chi connectivity index (χ3v) is 2.83. The fourth-order valence-electron chi connectivity index (χ4n) is 0.991. The van der Waals surface area contributed by atoms with E-state index in [0.717, 1.165) is 10.0 Å². The van der Waals surface area contributed by atoms with Crippen LogP contribution in [0.1, 0.15) is 0 Å². The molecule has 74 valence electrons. The van der Waals surface area contributed by atoms with Crippen molar-refractivity contribution in [2.45, 2.75) is 0 Å². The highest BCUT2D eigenvalue weighted by molar-refractivity contribution is 7.18. The normalized spacial score (nSPS) is 10.4. The van der Waals surface area contributed by atoms with E-state index in [1.54, 1.807) is 12.3 Å². The molecule has 2 aromatic heterocycles. The van der Waals surface area contributed by atoms with Gasteiger partial charge in [0.2, 0.25) is 0 Å². The van der Waals surface area contributed by atoms with Crippen molar-refractivity contribution in [3.63, 3.8) is 0 Å². The molecule has 6 heteroatoms. The molecule has 2 N–H and O–H groups in total. The maximum Gasteiger partial charge on any atom is 0.185 e. The van der Waals surface area contributed by atoms with Gasteiger partial charge in [-0.25, -0.2) is 4.98 Å². The first-order chi connectivity index (χ1) is 6.66. The van der Waals surface area contributed by atoms with Gasteiger partial charge in [0, 0.05) is 20.2 Å². The minimum absolute atomic E-state index is 0.389. The maximum atomic E-state index is 5.45. The Morgan fingerprint density at radius 3 is 2.79 bits per heavy atom. The van der Waals surface area contributed by atoms with E-state index in [1.165, 1.54) is 11.3 Å². The van der Waals surface area contributed by atoms with Crippen LogP contribution in [0.5, 0.6) is 0 Å². The van der Waals surface area contributed by atoms with Gasteiger partial charge in [-0.2, -0.15) is 0 Å². The van der Waals surface area contributed by atoms with Crippen LogP contribution in [0, 0.1) is 0 Å². The summed E-state index contributed by atoms with van der Waals surface area (Å²) in [7, 11) is 3.88. The molecular formula is C8H10N4OS. The summed E-state index contributed by atoms with van der Waals surface area (Å²) < 4.78 is 5.02. The Kier molecular flexibility index (Phi) is 2.12. The number of anilines is 2. The molecule has 2 heterocycles. The number of hydrogen-bond donors (Lipinski definition) is 1. The molecule has 14 heavy (non-hydrogen) atoms. The van der Waals surface area contributed by atoms with Crippen LogP contribution in [0.4, 0.5) is 10.9 Å². The Morgan fingerprint density at radius 2 is 2.29 bits per heavy atom. The van der Waals surface area contributed by atoms with Crippen molar-refractivity contribution in [1.82, 2.24) is 10.1 Å². The molecule has 0 aliphatic heterocycles. The van der Waals surface area contributed by atoms with E-state index in [4.69, 9.17) is 10.3 Å². The first-order valence-electron chi connectivity index (χ1n) is 4.02. The predicted molar refractivity (Wildman–Crippen MR) is 56.4 cm³/mol. The molecule has 0 atom stereocenters. The highest BCUT2D eigenvalue weighted by Gasteiger charge is 2.09. The monoisotopic (exact) mass is 210 g/mol. The van der Waals surface area contributed by atoms with Gasteiger partial charge in [-0.05, 0) is 0 Å². The summed E-state index contributed by atoms with van der Waals surface area (Å²) in [5, 5.41) is 4.54. The fraction of sp³-hybridized carbons (Fsp3) is 0.250. The molecule has 0 unspecified atom stereocenters. The van der Waals surface area contributed by atoms with Gasteiger partial charge in [0.05, 0.1) is 11.1 Å². The van der Waals surface area contributed by atoms with Crippen molar-refractivity contribution >= 4 is 22.3 Å². The zero-order valence-electron chi connectivity index (χ0n) is 7.89. The number of nitrogens with zero attached hydrogens (tertiary/aromatic N) is 3. The number of hydrogen-bond acceptors (Lipinski definition) is 6. The summed E-state index contributed by atoms with van der Waals surface area (Å²) >= 11 is 1.53. The zero-order valence-corrected chi connectivity index (χ0v) is 8.71.